The highest BCUT2D eigenvalue weighted by Gasteiger charge is 2.20. The Morgan fingerprint density at radius 1 is 1.58 bits per heavy atom. The Bertz CT molecular complexity index is 143. The maximum absolute atomic E-state index is 11.0. The van der Waals surface area contributed by atoms with Crippen LogP contribution in [-0.4, -0.2) is 32.1 Å². The summed E-state index contributed by atoms with van der Waals surface area (Å²) in [5.74, 6) is 0.988. The first-order chi connectivity index (χ1) is 5.83. The van der Waals surface area contributed by atoms with Gasteiger partial charge in [0, 0.05) is 6.61 Å². The van der Waals surface area contributed by atoms with Gasteiger partial charge in [0.1, 0.15) is 6.61 Å². The number of rotatable bonds is 7. The van der Waals surface area contributed by atoms with Gasteiger partial charge >= 0.3 is 0 Å². The van der Waals surface area contributed by atoms with Gasteiger partial charge in [-0.25, -0.2) is 0 Å². The summed E-state index contributed by atoms with van der Waals surface area (Å²) < 4.78 is 4.98. The quantitative estimate of drug-likeness (QED) is 0.609. The van der Waals surface area contributed by atoms with Crippen LogP contribution in [0, 0.1) is 5.92 Å². The van der Waals surface area contributed by atoms with Gasteiger partial charge in [-0.1, -0.05) is 0 Å². The van der Waals surface area contributed by atoms with Gasteiger partial charge in [-0.15, -0.1) is 0 Å². The molecule has 3 nitrogen and oxygen atoms in total. The fraction of sp³-hybridized carbons (Fsp3) is 0.889. The third-order valence-electron chi connectivity index (χ3n) is 1.92. The van der Waals surface area contributed by atoms with Crippen LogP contribution in [0.3, 0.4) is 0 Å². The van der Waals surface area contributed by atoms with Crippen LogP contribution in [0.15, 0.2) is 0 Å². The van der Waals surface area contributed by atoms with Crippen LogP contribution in [0.5, 0.6) is 0 Å². The predicted octanol–water partition coefficient (Wildman–Crippen LogP) is 0.592. The predicted molar refractivity (Wildman–Crippen MR) is 47.1 cm³/mol. The lowest BCUT2D eigenvalue weighted by Crippen LogP contribution is -2.27. The Hall–Kier alpha value is -0.410. The van der Waals surface area contributed by atoms with E-state index in [1.807, 2.05) is 6.92 Å². The van der Waals surface area contributed by atoms with Crippen molar-refractivity contribution >= 4 is 5.78 Å². The number of hydrogen-bond acceptors (Lipinski definition) is 3. The van der Waals surface area contributed by atoms with Crippen LogP contribution in [0.25, 0.3) is 0 Å². The van der Waals surface area contributed by atoms with E-state index in [4.69, 9.17) is 4.74 Å². The zero-order chi connectivity index (χ0) is 8.81. The molecule has 0 aromatic heterocycles. The molecule has 0 heterocycles. The molecule has 0 amide bonds. The van der Waals surface area contributed by atoms with E-state index in [2.05, 4.69) is 5.32 Å². The largest absolute Gasteiger partial charge is 0.374 e. The molecule has 0 saturated heterocycles. The van der Waals surface area contributed by atoms with E-state index in [1.165, 1.54) is 12.8 Å². The van der Waals surface area contributed by atoms with Crippen molar-refractivity contribution in [1.29, 1.82) is 0 Å². The highest BCUT2D eigenvalue weighted by Crippen LogP contribution is 2.27. The lowest BCUT2D eigenvalue weighted by atomic mass is 10.3. The van der Waals surface area contributed by atoms with Crippen molar-refractivity contribution in [3.63, 3.8) is 0 Å². The number of ketones is 1. The summed E-state index contributed by atoms with van der Waals surface area (Å²) in [5.41, 5.74) is 0. The molecule has 0 radical (unpaired) electrons. The van der Waals surface area contributed by atoms with Gasteiger partial charge in [0.25, 0.3) is 0 Å². The molecule has 1 rings (SSSR count). The highest BCUT2D eigenvalue weighted by molar-refractivity contribution is 5.81. The molecule has 0 aromatic rings. The van der Waals surface area contributed by atoms with Crippen molar-refractivity contribution in [1.82, 2.24) is 5.32 Å². The Labute approximate surface area is 73.5 Å². The van der Waals surface area contributed by atoms with Crippen molar-refractivity contribution < 1.29 is 9.53 Å². The van der Waals surface area contributed by atoms with E-state index in [1.54, 1.807) is 0 Å². The number of carbonyl (C=O) groups is 1. The lowest BCUT2D eigenvalue weighted by molar-refractivity contribution is -0.122. The molecule has 0 bridgehead atoms. The van der Waals surface area contributed by atoms with Gasteiger partial charge in [0.15, 0.2) is 5.78 Å². The lowest BCUT2D eigenvalue weighted by Gasteiger charge is -2.02. The average Bonchev–Trinajstić information content (AvgIpc) is 2.84. The number of Topliss-reactive ketones (excluding diaryl/α,β-unsaturated/α-hetero) is 1. The minimum Gasteiger partial charge on any atom is -0.374 e. The minimum atomic E-state index is 0.150. The van der Waals surface area contributed by atoms with Crippen molar-refractivity contribution in [2.24, 2.45) is 5.92 Å². The normalized spacial score (nSPS) is 16.4. The van der Waals surface area contributed by atoms with Crippen molar-refractivity contribution in [3.8, 4) is 0 Å². The number of carbonyl (C=O) groups excluding carboxylic acids is 1. The van der Waals surface area contributed by atoms with Crippen molar-refractivity contribution in [3.05, 3.63) is 0 Å². The van der Waals surface area contributed by atoms with Gasteiger partial charge in [-0.05, 0) is 32.2 Å². The van der Waals surface area contributed by atoms with Gasteiger partial charge in [-0.3, -0.25) is 4.79 Å². The second kappa shape index (κ2) is 5.27. The van der Waals surface area contributed by atoms with E-state index >= 15 is 0 Å². The molecular formula is C9H17NO2. The zero-order valence-corrected chi connectivity index (χ0v) is 7.64. The van der Waals surface area contributed by atoms with E-state index < -0.39 is 0 Å². The smallest absolute Gasteiger partial charge is 0.172 e. The first kappa shape index (κ1) is 9.68. The molecule has 1 saturated carbocycles. The van der Waals surface area contributed by atoms with Crippen LogP contribution in [0.4, 0.5) is 0 Å². The maximum atomic E-state index is 11.0. The molecule has 1 N–H and O–H groups in total. The fourth-order valence-corrected chi connectivity index (χ4v) is 1.00. The molecule has 0 atom stereocenters. The zero-order valence-electron chi connectivity index (χ0n) is 7.64. The molecule has 12 heavy (non-hydrogen) atoms. The van der Waals surface area contributed by atoms with E-state index in [0.717, 1.165) is 12.5 Å². The van der Waals surface area contributed by atoms with Gasteiger partial charge in [0.2, 0.25) is 0 Å². The van der Waals surface area contributed by atoms with Crippen LogP contribution in [0.1, 0.15) is 19.8 Å². The van der Waals surface area contributed by atoms with Crippen molar-refractivity contribution in [2.45, 2.75) is 19.8 Å². The third kappa shape index (κ3) is 4.46. The standard InChI is InChI=1S/C9H17NO2/c1-2-12-7-9(11)6-10-5-8-3-4-8/h8,10H,2-7H2,1H3. The van der Waals surface area contributed by atoms with Crippen LogP contribution < -0.4 is 5.32 Å². The Kier molecular flexibility index (Phi) is 4.25. The Morgan fingerprint density at radius 3 is 2.92 bits per heavy atom. The molecule has 0 unspecified atom stereocenters. The minimum absolute atomic E-state index is 0.150. The Balaban J connectivity index is 1.86. The van der Waals surface area contributed by atoms with Crippen LogP contribution in [-0.2, 0) is 9.53 Å². The molecule has 0 spiro atoms. The first-order valence-electron chi connectivity index (χ1n) is 4.63. The van der Waals surface area contributed by atoms with Gasteiger partial charge in [-0.2, -0.15) is 0 Å². The molecule has 0 aromatic carbocycles. The van der Waals surface area contributed by atoms with E-state index in [-0.39, 0.29) is 12.4 Å². The molecule has 1 aliphatic carbocycles. The monoisotopic (exact) mass is 171 g/mol. The van der Waals surface area contributed by atoms with Gasteiger partial charge < -0.3 is 10.1 Å². The summed E-state index contributed by atoms with van der Waals surface area (Å²) in [6, 6.07) is 0. The van der Waals surface area contributed by atoms with Crippen LogP contribution >= 0.6 is 0 Å². The summed E-state index contributed by atoms with van der Waals surface area (Å²) in [7, 11) is 0. The van der Waals surface area contributed by atoms with Crippen molar-refractivity contribution in [2.75, 3.05) is 26.3 Å². The number of ether oxygens (including phenoxy) is 1. The summed E-state index contributed by atoms with van der Waals surface area (Å²) >= 11 is 0. The topological polar surface area (TPSA) is 38.3 Å². The van der Waals surface area contributed by atoms with E-state index in [0.29, 0.717) is 13.2 Å². The molecule has 0 aliphatic heterocycles. The molecule has 1 fully saturated rings. The Morgan fingerprint density at radius 2 is 2.33 bits per heavy atom. The van der Waals surface area contributed by atoms with Crippen LogP contribution in [0.2, 0.25) is 0 Å². The molecular weight excluding hydrogens is 154 g/mol. The second-order valence-corrected chi connectivity index (χ2v) is 3.25. The summed E-state index contributed by atoms with van der Waals surface area (Å²) in [4.78, 5) is 11.0. The third-order valence-corrected chi connectivity index (χ3v) is 1.92. The average molecular weight is 171 g/mol. The molecule has 70 valence electrons. The summed E-state index contributed by atoms with van der Waals surface area (Å²) in [6.07, 6.45) is 2.65. The SMILES string of the molecule is CCOCC(=O)CNCC1CC1. The molecule has 3 heteroatoms. The second-order valence-electron chi connectivity index (χ2n) is 3.25. The summed E-state index contributed by atoms with van der Waals surface area (Å²) in [6.45, 7) is 4.24. The number of hydrogen-bond donors (Lipinski definition) is 1. The maximum Gasteiger partial charge on any atom is 0.172 e. The first-order valence-corrected chi connectivity index (χ1v) is 4.63. The molecule has 1 aliphatic rings. The fourth-order valence-electron chi connectivity index (χ4n) is 1.00. The van der Waals surface area contributed by atoms with E-state index in [9.17, 15) is 4.79 Å². The highest BCUT2D eigenvalue weighted by atomic mass is 16.5. The number of nitrogens with one attached hydrogen (secondary N) is 1. The van der Waals surface area contributed by atoms with Gasteiger partial charge in [0.05, 0.1) is 6.54 Å². The summed E-state index contributed by atoms with van der Waals surface area (Å²) in [5, 5.41) is 3.13.